The van der Waals surface area contributed by atoms with Gasteiger partial charge in [0.1, 0.15) is 5.75 Å². The van der Waals surface area contributed by atoms with E-state index >= 15 is 0 Å². The van der Waals surface area contributed by atoms with Gasteiger partial charge in [0.2, 0.25) is 5.91 Å². The maximum absolute atomic E-state index is 12.2. The Morgan fingerprint density at radius 2 is 1.92 bits per heavy atom. The molecule has 3 rings (SSSR count). The number of likely N-dealkylation sites (tertiary alicyclic amines) is 1. The highest BCUT2D eigenvalue weighted by Crippen LogP contribution is 2.28. The van der Waals surface area contributed by atoms with Crippen LogP contribution < -0.4 is 15.4 Å². The fourth-order valence-corrected chi connectivity index (χ4v) is 3.25. The second kappa shape index (κ2) is 10.00. The summed E-state index contributed by atoms with van der Waals surface area (Å²) in [7, 11) is 1.65. The quantitative estimate of drug-likeness (QED) is 0.739. The van der Waals surface area contributed by atoms with Crippen molar-refractivity contribution in [2.75, 3.05) is 33.3 Å². The molecule has 25 heavy (non-hydrogen) atoms. The third-order valence-corrected chi connectivity index (χ3v) is 5.02. The molecule has 2 aliphatic rings. The highest BCUT2D eigenvalue weighted by Gasteiger charge is 2.24. The lowest BCUT2D eigenvalue weighted by molar-refractivity contribution is -0.122. The molecule has 1 saturated carbocycles. The van der Waals surface area contributed by atoms with Gasteiger partial charge in [-0.25, -0.2) is 0 Å². The Hall–Kier alpha value is -1.30. The van der Waals surface area contributed by atoms with E-state index in [1.807, 2.05) is 24.3 Å². The Bertz CT molecular complexity index is 543. The summed E-state index contributed by atoms with van der Waals surface area (Å²) in [4.78, 5) is 14.4. The predicted molar refractivity (Wildman–Crippen MR) is 102 cm³/mol. The second-order valence-corrected chi connectivity index (χ2v) is 6.99. The van der Waals surface area contributed by atoms with E-state index in [1.54, 1.807) is 7.11 Å². The van der Waals surface area contributed by atoms with Crippen LogP contribution in [0.15, 0.2) is 24.3 Å². The Labute approximate surface area is 156 Å². The van der Waals surface area contributed by atoms with Crippen molar-refractivity contribution in [1.29, 1.82) is 0 Å². The first kappa shape index (κ1) is 20.0. The Morgan fingerprint density at radius 3 is 2.60 bits per heavy atom. The van der Waals surface area contributed by atoms with Gasteiger partial charge in [-0.3, -0.25) is 9.69 Å². The number of hydrogen-bond donors (Lipinski definition) is 2. The van der Waals surface area contributed by atoms with Crippen molar-refractivity contribution in [3.63, 3.8) is 0 Å². The lowest BCUT2D eigenvalue weighted by Gasteiger charge is -2.32. The number of carbonyl (C=O) groups is 1. The number of nitrogens with zero attached hydrogens (tertiary/aromatic N) is 1. The second-order valence-electron chi connectivity index (χ2n) is 6.99. The number of ether oxygens (including phenoxy) is 1. The van der Waals surface area contributed by atoms with Gasteiger partial charge in [0, 0.05) is 31.2 Å². The number of nitrogens with one attached hydrogen (secondary N) is 2. The third-order valence-electron chi connectivity index (χ3n) is 5.02. The Kier molecular flexibility index (Phi) is 8.00. The van der Waals surface area contributed by atoms with Gasteiger partial charge >= 0.3 is 0 Å². The van der Waals surface area contributed by atoms with Crippen LogP contribution >= 0.6 is 12.4 Å². The summed E-state index contributed by atoms with van der Waals surface area (Å²) >= 11 is 0. The number of para-hydroxylation sites is 1. The highest BCUT2D eigenvalue weighted by molar-refractivity contribution is 5.85. The number of piperidine rings is 1. The molecule has 0 spiro atoms. The first-order chi connectivity index (χ1) is 11.7. The van der Waals surface area contributed by atoms with E-state index in [0.717, 1.165) is 43.2 Å². The molecule has 1 aromatic carbocycles. The third kappa shape index (κ3) is 6.49. The minimum Gasteiger partial charge on any atom is -0.496 e. The molecule has 1 heterocycles. The summed E-state index contributed by atoms with van der Waals surface area (Å²) in [6.07, 6.45) is 5.09. The van der Waals surface area contributed by atoms with Crippen molar-refractivity contribution in [2.45, 2.75) is 38.3 Å². The van der Waals surface area contributed by atoms with E-state index < -0.39 is 0 Å². The zero-order chi connectivity index (χ0) is 16.8. The minimum atomic E-state index is 0. The van der Waals surface area contributed by atoms with Gasteiger partial charge in [0.05, 0.1) is 13.7 Å². The average molecular weight is 368 g/mol. The van der Waals surface area contributed by atoms with E-state index in [9.17, 15) is 4.79 Å². The molecule has 0 aromatic heterocycles. The molecule has 2 fully saturated rings. The molecule has 0 atom stereocenters. The van der Waals surface area contributed by atoms with Crippen LogP contribution in [0.3, 0.4) is 0 Å². The molecule has 1 aliphatic heterocycles. The van der Waals surface area contributed by atoms with E-state index in [-0.39, 0.29) is 18.3 Å². The van der Waals surface area contributed by atoms with E-state index in [4.69, 9.17) is 4.74 Å². The summed E-state index contributed by atoms with van der Waals surface area (Å²) in [6, 6.07) is 8.44. The maximum atomic E-state index is 12.2. The molecule has 140 valence electrons. The van der Waals surface area contributed by atoms with Crippen molar-refractivity contribution in [3.8, 4) is 5.75 Å². The topological polar surface area (TPSA) is 53.6 Å². The predicted octanol–water partition coefficient (Wildman–Crippen LogP) is 2.20. The molecule has 6 heteroatoms. The molecule has 1 saturated heterocycles. The first-order valence-corrected chi connectivity index (χ1v) is 9.09. The minimum absolute atomic E-state index is 0. The molecule has 1 aliphatic carbocycles. The molecular weight excluding hydrogens is 338 g/mol. The summed E-state index contributed by atoms with van der Waals surface area (Å²) in [5.41, 5.74) is 1.01. The molecule has 0 unspecified atom stereocenters. The summed E-state index contributed by atoms with van der Waals surface area (Å²) in [5.74, 6) is 1.84. The van der Waals surface area contributed by atoms with Crippen molar-refractivity contribution in [3.05, 3.63) is 29.8 Å². The standard InChI is InChI=1S/C19H29N3O2.ClH/c1-24-18-5-3-2-4-16(18)13-21-19(23)14-22-10-8-17(9-11-22)20-12-15-6-7-15;/h2-5,15,17,20H,6-14H2,1H3,(H,21,23);1H. The van der Waals surface area contributed by atoms with Gasteiger partial charge < -0.3 is 15.4 Å². The molecule has 0 bridgehead atoms. The van der Waals surface area contributed by atoms with Gasteiger partial charge in [0.15, 0.2) is 0 Å². The van der Waals surface area contributed by atoms with Crippen molar-refractivity contribution >= 4 is 18.3 Å². The number of halogens is 1. The summed E-state index contributed by atoms with van der Waals surface area (Å²) in [6.45, 7) is 4.20. The fraction of sp³-hybridized carbons (Fsp3) is 0.632. The molecule has 5 nitrogen and oxygen atoms in total. The number of benzene rings is 1. The highest BCUT2D eigenvalue weighted by atomic mass is 35.5. The van der Waals surface area contributed by atoms with Crippen LogP contribution in [0.5, 0.6) is 5.75 Å². The van der Waals surface area contributed by atoms with Crippen LogP contribution in [0, 0.1) is 5.92 Å². The smallest absolute Gasteiger partial charge is 0.234 e. The Balaban J connectivity index is 0.00000225. The molecular formula is C19H30ClN3O2. The monoisotopic (exact) mass is 367 g/mol. The lowest BCUT2D eigenvalue weighted by Crippen LogP contribution is -2.46. The van der Waals surface area contributed by atoms with Crippen LogP contribution in [0.2, 0.25) is 0 Å². The van der Waals surface area contributed by atoms with Crippen LogP contribution in [0.1, 0.15) is 31.2 Å². The normalized spacial score (nSPS) is 18.4. The van der Waals surface area contributed by atoms with Crippen LogP contribution in [0.4, 0.5) is 0 Å². The molecule has 0 radical (unpaired) electrons. The van der Waals surface area contributed by atoms with Gasteiger partial charge in [-0.1, -0.05) is 18.2 Å². The molecule has 1 amide bonds. The average Bonchev–Trinajstić information content (AvgIpc) is 3.44. The number of methoxy groups -OCH3 is 1. The maximum Gasteiger partial charge on any atom is 0.234 e. The molecule has 2 N–H and O–H groups in total. The number of rotatable bonds is 8. The zero-order valence-electron chi connectivity index (χ0n) is 15.0. The number of hydrogen-bond acceptors (Lipinski definition) is 4. The van der Waals surface area contributed by atoms with Gasteiger partial charge in [-0.15, -0.1) is 12.4 Å². The number of carbonyl (C=O) groups excluding carboxylic acids is 1. The summed E-state index contributed by atoms with van der Waals surface area (Å²) in [5, 5.41) is 6.68. The van der Waals surface area contributed by atoms with Crippen LogP contribution in [0.25, 0.3) is 0 Å². The summed E-state index contributed by atoms with van der Waals surface area (Å²) < 4.78 is 5.31. The first-order valence-electron chi connectivity index (χ1n) is 9.09. The van der Waals surface area contributed by atoms with Crippen LogP contribution in [-0.2, 0) is 11.3 Å². The Morgan fingerprint density at radius 1 is 1.20 bits per heavy atom. The van der Waals surface area contributed by atoms with Gasteiger partial charge in [0.25, 0.3) is 0 Å². The van der Waals surface area contributed by atoms with E-state index in [0.29, 0.717) is 19.1 Å². The SMILES string of the molecule is COc1ccccc1CNC(=O)CN1CCC(NCC2CC2)CC1.Cl. The number of amides is 1. The van der Waals surface area contributed by atoms with Gasteiger partial charge in [-0.05, 0) is 44.2 Å². The van der Waals surface area contributed by atoms with Crippen molar-refractivity contribution < 1.29 is 9.53 Å². The van der Waals surface area contributed by atoms with E-state index in [2.05, 4.69) is 15.5 Å². The van der Waals surface area contributed by atoms with Crippen molar-refractivity contribution in [2.24, 2.45) is 5.92 Å². The largest absolute Gasteiger partial charge is 0.496 e. The zero-order valence-corrected chi connectivity index (χ0v) is 15.8. The molecule has 1 aromatic rings. The fourth-order valence-electron chi connectivity index (χ4n) is 3.25. The van der Waals surface area contributed by atoms with Crippen molar-refractivity contribution in [1.82, 2.24) is 15.5 Å². The van der Waals surface area contributed by atoms with Gasteiger partial charge in [-0.2, -0.15) is 0 Å². The lowest BCUT2D eigenvalue weighted by atomic mass is 10.0. The van der Waals surface area contributed by atoms with E-state index in [1.165, 1.54) is 19.4 Å². The van der Waals surface area contributed by atoms with Crippen LogP contribution in [-0.4, -0.2) is 50.1 Å².